The minimum Gasteiger partial charge on any atom is -0.273 e. The summed E-state index contributed by atoms with van der Waals surface area (Å²) in [7, 11) is 0. The van der Waals surface area contributed by atoms with Gasteiger partial charge >= 0.3 is 11.4 Å². The van der Waals surface area contributed by atoms with Crippen LogP contribution in [-0.4, -0.2) is 25.7 Å². The SMILES string of the molecule is CC(=O)n1c(=O)n(-c2cccc(Cl)c2)c(=O)n1C(C)=O. The van der Waals surface area contributed by atoms with Gasteiger partial charge in [0.05, 0.1) is 5.69 Å². The summed E-state index contributed by atoms with van der Waals surface area (Å²) in [5.74, 6) is -1.47. The van der Waals surface area contributed by atoms with Crippen molar-refractivity contribution < 1.29 is 9.59 Å². The molecule has 1 aromatic carbocycles. The number of hydrogen-bond donors (Lipinski definition) is 0. The molecule has 8 heteroatoms. The second-order valence-electron chi connectivity index (χ2n) is 4.04. The van der Waals surface area contributed by atoms with Crippen molar-refractivity contribution in [1.29, 1.82) is 0 Å². The van der Waals surface area contributed by atoms with Gasteiger partial charge in [-0.25, -0.2) is 14.2 Å². The number of benzene rings is 1. The number of halogens is 1. The van der Waals surface area contributed by atoms with Crippen LogP contribution >= 0.6 is 11.6 Å². The molecular weight excluding hydrogens is 286 g/mol. The van der Waals surface area contributed by atoms with Crippen molar-refractivity contribution >= 4 is 23.4 Å². The Morgan fingerprint density at radius 3 is 1.90 bits per heavy atom. The first kappa shape index (κ1) is 14.0. The average Bonchev–Trinajstić information content (AvgIpc) is 2.60. The Morgan fingerprint density at radius 1 is 1.00 bits per heavy atom. The summed E-state index contributed by atoms with van der Waals surface area (Å²) >= 11 is 5.81. The Balaban J connectivity index is 2.90. The fourth-order valence-corrected chi connectivity index (χ4v) is 2.01. The van der Waals surface area contributed by atoms with E-state index in [1.165, 1.54) is 12.1 Å². The molecule has 2 aromatic rings. The van der Waals surface area contributed by atoms with Crippen molar-refractivity contribution in [1.82, 2.24) is 13.9 Å². The largest absolute Gasteiger partial charge is 0.359 e. The predicted molar refractivity (Wildman–Crippen MR) is 71.9 cm³/mol. The number of carbonyl (C=O) groups excluding carboxylic acids is 2. The highest BCUT2D eigenvalue weighted by Gasteiger charge is 2.22. The van der Waals surface area contributed by atoms with E-state index in [-0.39, 0.29) is 5.69 Å². The van der Waals surface area contributed by atoms with Crippen LogP contribution in [0.2, 0.25) is 5.02 Å². The molecule has 0 aliphatic heterocycles. The summed E-state index contributed by atoms with van der Waals surface area (Å²) in [6, 6.07) is 5.98. The zero-order valence-corrected chi connectivity index (χ0v) is 11.4. The molecule has 0 spiro atoms. The van der Waals surface area contributed by atoms with E-state index in [2.05, 4.69) is 0 Å². The maximum absolute atomic E-state index is 12.2. The summed E-state index contributed by atoms with van der Waals surface area (Å²) in [5, 5.41) is 0.318. The van der Waals surface area contributed by atoms with E-state index < -0.39 is 23.2 Å². The summed E-state index contributed by atoms with van der Waals surface area (Å²) in [5.41, 5.74) is -1.65. The van der Waals surface area contributed by atoms with E-state index in [4.69, 9.17) is 11.6 Å². The Hall–Kier alpha value is -2.41. The number of aromatic nitrogens is 3. The lowest BCUT2D eigenvalue weighted by Gasteiger charge is -1.99. The highest BCUT2D eigenvalue weighted by atomic mass is 35.5. The molecule has 20 heavy (non-hydrogen) atoms. The van der Waals surface area contributed by atoms with Crippen molar-refractivity contribution in [3.8, 4) is 5.69 Å². The van der Waals surface area contributed by atoms with E-state index in [1.54, 1.807) is 12.1 Å². The number of nitrogens with zero attached hydrogens (tertiary/aromatic N) is 3. The van der Waals surface area contributed by atoms with Crippen LogP contribution in [0.5, 0.6) is 0 Å². The summed E-state index contributed by atoms with van der Waals surface area (Å²) < 4.78 is 1.70. The van der Waals surface area contributed by atoms with Gasteiger partial charge in [-0.2, -0.15) is 9.36 Å². The number of hydrogen-bond acceptors (Lipinski definition) is 4. The molecule has 104 valence electrons. The van der Waals surface area contributed by atoms with Gasteiger partial charge < -0.3 is 0 Å². The van der Waals surface area contributed by atoms with Crippen molar-refractivity contribution in [2.75, 3.05) is 0 Å². The van der Waals surface area contributed by atoms with Gasteiger partial charge in [0.25, 0.3) is 0 Å². The molecule has 0 bridgehead atoms. The number of carbonyl (C=O) groups is 2. The minimum atomic E-state index is -0.917. The van der Waals surface area contributed by atoms with Gasteiger partial charge in [-0.1, -0.05) is 17.7 Å². The first-order chi connectivity index (χ1) is 9.34. The monoisotopic (exact) mass is 295 g/mol. The van der Waals surface area contributed by atoms with Crippen LogP contribution < -0.4 is 11.4 Å². The molecule has 1 heterocycles. The molecule has 0 saturated heterocycles. The van der Waals surface area contributed by atoms with Crippen LogP contribution in [0.4, 0.5) is 0 Å². The first-order valence-corrected chi connectivity index (χ1v) is 5.97. The third-order valence-electron chi connectivity index (χ3n) is 2.61. The highest BCUT2D eigenvalue weighted by molar-refractivity contribution is 6.30. The Morgan fingerprint density at radius 2 is 1.50 bits per heavy atom. The molecule has 0 unspecified atom stereocenters. The van der Waals surface area contributed by atoms with Crippen molar-refractivity contribution in [2.24, 2.45) is 0 Å². The Kier molecular flexibility index (Phi) is 3.46. The van der Waals surface area contributed by atoms with Crippen LogP contribution in [0.3, 0.4) is 0 Å². The quantitative estimate of drug-likeness (QED) is 0.778. The van der Waals surface area contributed by atoms with Gasteiger partial charge in [0.1, 0.15) is 0 Å². The maximum atomic E-state index is 12.2. The summed E-state index contributed by atoms with van der Waals surface area (Å²) in [6.07, 6.45) is 0. The van der Waals surface area contributed by atoms with E-state index >= 15 is 0 Å². The third kappa shape index (κ3) is 2.12. The van der Waals surface area contributed by atoms with Crippen LogP contribution in [0.25, 0.3) is 5.69 Å². The van der Waals surface area contributed by atoms with Gasteiger partial charge in [-0.15, -0.1) is 0 Å². The van der Waals surface area contributed by atoms with Gasteiger partial charge in [0.15, 0.2) is 0 Å². The Labute approximate surface area is 117 Å². The predicted octanol–water partition coefficient (Wildman–Crippen LogP) is 0.774. The van der Waals surface area contributed by atoms with Gasteiger partial charge in [0, 0.05) is 18.9 Å². The van der Waals surface area contributed by atoms with Crippen LogP contribution in [0.15, 0.2) is 33.9 Å². The fourth-order valence-electron chi connectivity index (χ4n) is 1.83. The smallest absolute Gasteiger partial charge is 0.273 e. The standard InChI is InChI=1S/C12H10ClN3O4/c1-7(17)15-11(19)14(12(20)16(15)8(2)18)10-5-3-4-9(13)6-10/h3-6H,1-2H3. The molecule has 0 saturated carbocycles. The molecular formula is C12H10ClN3O4. The average molecular weight is 296 g/mol. The second kappa shape index (κ2) is 4.93. The summed E-state index contributed by atoms with van der Waals surface area (Å²) in [4.78, 5) is 47.2. The lowest BCUT2D eigenvalue weighted by atomic mass is 10.3. The molecule has 2 rings (SSSR count). The fraction of sp³-hybridized carbons (Fsp3) is 0.167. The lowest BCUT2D eigenvalue weighted by Crippen LogP contribution is -2.33. The highest BCUT2D eigenvalue weighted by Crippen LogP contribution is 2.12. The molecule has 7 nitrogen and oxygen atoms in total. The maximum Gasteiger partial charge on any atom is 0.359 e. The molecule has 0 N–H and O–H groups in total. The van der Waals surface area contributed by atoms with Crippen LogP contribution in [0, 0.1) is 0 Å². The van der Waals surface area contributed by atoms with Gasteiger partial charge in [-0.3, -0.25) is 9.59 Å². The van der Waals surface area contributed by atoms with Crippen molar-refractivity contribution in [2.45, 2.75) is 13.8 Å². The number of rotatable bonds is 1. The zero-order valence-electron chi connectivity index (χ0n) is 10.7. The van der Waals surface area contributed by atoms with Crippen LogP contribution in [0.1, 0.15) is 23.4 Å². The molecule has 0 aliphatic rings. The molecule has 0 fully saturated rings. The minimum absolute atomic E-state index is 0.183. The molecule has 0 aliphatic carbocycles. The normalized spacial score (nSPS) is 10.6. The van der Waals surface area contributed by atoms with E-state index in [0.717, 1.165) is 13.8 Å². The van der Waals surface area contributed by atoms with Crippen molar-refractivity contribution in [3.63, 3.8) is 0 Å². The third-order valence-corrected chi connectivity index (χ3v) is 2.84. The summed E-state index contributed by atoms with van der Waals surface area (Å²) in [6.45, 7) is 2.17. The second-order valence-corrected chi connectivity index (χ2v) is 4.48. The topological polar surface area (TPSA) is 83.1 Å². The Bertz CT molecular complexity index is 782. The van der Waals surface area contributed by atoms with E-state index in [9.17, 15) is 19.2 Å². The van der Waals surface area contributed by atoms with Gasteiger partial charge in [0.2, 0.25) is 11.8 Å². The zero-order chi connectivity index (χ0) is 15.0. The molecule has 0 atom stereocenters. The van der Waals surface area contributed by atoms with Crippen molar-refractivity contribution in [3.05, 3.63) is 50.3 Å². The molecule has 0 radical (unpaired) electrons. The molecule has 0 amide bonds. The van der Waals surface area contributed by atoms with E-state index in [0.29, 0.717) is 19.0 Å². The molecule has 1 aromatic heterocycles. The van der Waals surface area contributed by atoms with E-state index in [1.807, 2.05) is 0 Å². The lowest BCUT2D eigenvalue weighted by molar-refractivity contribution is 0.0814. The van der Waals surface area contributed by atoms with Crippen LogP contribution in [-0.2, 0) is 0 Å². The first-order valence-electron chi connectivity index (χ1n) is 5.59. The van der Waals surface area contributed by atoms with Gasteiger partial charge in [-0.05, 0) is 18.2 Å².